The Hall–Kier alpha value is -1.69. The molecule has 0 unspecified atom stereocenters. The highest BCUT2D eigenvalue weighted by molar-refractivity contribution is 7.17. The van der Waals surface area contributed by atoms with Crippen molar-refractivity contribution < 1.29 is 4.79 Å². The Morgan fingerprint density at radius 2 is 2.40 bits per heavy atom. The van der Waals surface area contributed by atoms with Crippen molar-refractivity contribution in [3.05, 3.63) is 23.0 Å². The summed E-state index contributed by atoms with van der Waals surface area (Å²) in [6.45, 7) is 0.681. The SMILES string of the molecule is O=C1NCCc2nc(-c3cn[nH]c3)sc21. The first-order valence-corrected chi connectivity index (χ1v) is 5.43. The normalized spacial score (nSPS) is 14.8. The van der Waals surface area contributed by atoms with Gasteiger partial charge < -0.3 is 5.32 Å². The fourth-order valence-corrected chi connectivity index (χ4v) is 2.57. The molecule has 15 heavy (non-hydrogen) atoms. The third-order valence-corrected chi connectivity index (χ3v) is 3.44. The monoisotopic (exact) mass is 220 g/mol. The average molecular weight is 220 g/mol. The van der Waals surface area contributed by atoms with Crippen LogP contribution >= 0.6 is 11.3 Å². The molecule has 2 aromatic heterocycles. The zero-order valence-corrected chi connectivity index (χ0v) is 8.60. The summed E-state index contributed by atoms with van der Waals surface area (Å²) in [5, 5.41) is 10.3. The van der Waals surface area contributed by atoms with Gasteiger partial charge in [0.1, 0.15) is 9.88 Å². The second-order valence-electron chi connectivity index (χ2n) is 3.29. The number of H-pyrrole nitrogens is 1. The topological polar surface area (TPSA) is 70.7 Å². The molecule has 1 aliphatic rings. The molecule has 2 N–H and O–H groups in total. The highest BCUT2D eigenvalue weighted by Crippen LogP contribution is 2.28. The zero-order chi connectivity index (χ0) is 10.3. The van der Waals surface area contributed by atoms with Crippen LogP contribution in [0.15, 0.2) is 12.4 Å². The predicted octanol–water partition coefficient (Wildman–Crippen LogP) is 0.819. The van der Waals surface area contributed by atoms with E-state index in [0.29, 0.717) is 6.54 Å². The smallest absolute Gasteiger partial charge is 0.263 e. The molecule has 0 atom stereocenters. The molecule has 0 spiro atoms. The molecule has 0 bridgehead atoms. The van der Waals surface area contributed by atoms with Crippen molar-refractivity contribution in [2.45, 2.75) is 6.42 Å². The lowest BCUT2D eigenvalue weighted by atomic mass is 10.2. The summed E-state index contributed by atoms with van der Waals surface area (Å²) in [6, 6.07) is 0. The Morgan fingerprint density at radius 1 is 1.47 bits per heavy atom. The molecule has 0 aromatic carbocycles. The van der Waals surface area contributed by atoms with Crippen molar-refractivity contribution in [2.75, 3.05) is 6.54 Å². The predicted molar refractivity (Wildman–Crippen MR) is 55.7 cm³/mol. The highest BCUT2D eigenvalue weighted by atomic mass is 32.1. The van der Waals surface area contributed by atoms with Crippen LogP contribution in [0.5, 0.6) is 0 Å². The molecule has 6 heteroatoms. The van der Waals surface area contributed by atoms with Crippen LogP contribution in [-0.4, -0.2) is 27.6 Å². The van der Waals surface area contributed by atoms with E-state index in [0.717, 1.165) is 27.6 Å². The minimum atomic E-state index is -0.0107. The molecule has 1 aliphatic heterocycles. The number of amides is 1. The van der Waals surface area contributed by atoms with Crippen LogP contribution in [0.4, 0.5) is 0 Å². The quantitative estimate of drug-likeness (QED) is 0.747. The van der Waals surface area contributed by atoms with Gasteiger partial charge in [0.25, 0.3) is 5.91 Å². The zero-order valence-electron chi connectivity index (χ0n) is 7.78. The average Bonchev–Trinajstić information content (AvgIpc) is 2.86. The first kappa shape index (κ1) is 8.60. The van der Waals surface area contributed by atoms with Gasteiger partial charge in [0, 0.05) is 24.7 Å². The molecule has 3 rings (SSSR count). The van der Waals surface area contributed by atoms with Crippen LogP contribution < -0.4 is 5.32 Å². The molecule has 76 valence electrons. The molecule has 0 saturated heterocycles. The molecule has 1 amide bonds. The molecule has 0 aliphatic carbocycles. The van der Waals surface area contributed by atoms with Crippen LogP contribution in [0.25, 0.3) is 10.6 Å². The molecular formula is C9H8N4OS. The Labute approximate surface area is 89.5 Å². The summed E-state index contributed by atoms with van der Waals surface area (Å²) in [5.74, 6) is -0.0107. The fourth-order valence-electron chi connectivity index (χ4n) is 1.56. The van der Waals surface area contributed by atoms with Gasteiger partial charge in [-0.05, 0) is 0 Å². The number of nitrogens with one attached hydrogen (secondary N) is 2. The lowest BCUT2D eigenvalue weighted by Gasteiger charge is -2.09. The number of thiazole rings is 1. The largest absolute Gasteiger partial charge is 0.351 e. The number of fused-ring (bicyclic) bond motifs is 1. The Kier molecular flexibility index (Phi) is 1.81. The van der Waals surface area contributed by atoms with E-state index >= 15 is 0 Å². The van der Waals surface area contributed by atoms with Crippen molar-refractivity contribution in [1.29, 1.82) is 0 Å². The standard InChI is InChI=1S/C9H8N4OS/c14-8-7-6(1-2-10-8)13-9(15-7)5-3-11-12-4-5/h3-4H,1-2H2,(H,10,14)(H,11,12). The van der Waals surface area contributed by atoms with E-state index in [9.17, 15) is 4.79 Å². The molecule has 3 heterocycles. The van der Waals surface area contributed by atoms with Crippen LogP contribution in [0, 0.1) is 0 Å². The summed E-state index contributed by atoms with van der Waals surface area (Å²) >= 11 is 1.42. The van der Waals surface area contributed by atoms with Crippen molar-refractivity contribution in [3.63, 3.8) is 0 Å². The van der Waals surface area contributed by atoms with E-state index in [1.54, 1.807) is 12.4 Å². The maximum absolute atomic E-state index is 11.5. The van der Waals surface area contributed by atoms with E-state index < -0.39 is 0 Å². The maximum Gasteiger partial charge on any atom is 0.263 e. The van der Waals surface area contributed by atoms with Gasteiger partial charge in [0.2, 0.25) is 0 Å². The Bertz CT molecular complexity index is 502. The first-order chi connectivity index (χ1) is 7.34. The van der Waals surface area contributed by atoms with Gasteiger partial charge in [0.15, 0.2) is 0 Å². The summed E-state index contributed by atoms with van der Waals surface area (Å²) in [4.78, 5) is 16.7. The lowest BCUT2D eigenvalue weighted by Crippen LogP contribution is -2.30. The summed E-state index contributed by atoms with van der Waals surface area (Å²) < 4.78 is 0. The highest BCUT2D eigenvalue weighted by Gasteiger charge is 2.22. The number of rotatable bonds is 1. The number of carbonyl (C=O) groups is 1. The van der Waals surface area contributed by atoms with Gasteiger partial charge >= 0.3 is 0 Å². The Morgan fingerprint density at radius 3 is 3.13 bits per heavy atom. The van der Waals surface area contributed by atoms with Crippen molar-refractivity contribution in [1.82, 2.24) is 20.5 Å². The number of aromatic nitrogens is 3. The second-order valence-corrected chi connectivity index (χ2v) is 4.29. The minimum Gasteiger partial charge on any atom is -0.351 e. The van der Waals surface area contributed by atoms with Crippen molar-refractivity contribution in [3.8, 4) is 10.6 Å². The number of carbonyl (C=O) groups excluding carboxylic acids is 1. The van der Waals surface area contributed by atoms with Crippen molar-refractivity contribution >= 4 is 17.2 Å². The third kappa shape index (κ3) is 1.33. The molecule has 0 radical (unpaired) electrons. The molecule has 5 nitrogen and oxygen atoms in total. The van der Waals surface area contributed by atoms with Crippen LogP contribution in [0.2, 0.25) is 0 Å². The molecule has 0 fully saturated rings. The minimum absolute atomic E-state index is 0.0107. The van der Waals surface area contributed by atoms with Gasteiger partial charge in [-0.15, -0.1) is 11.3 Å². The third-order valence-electron chi connectivity index (χ3n) is 2.30. The molecular weight excluding hydrogens is 212 g/mol. The maximum atomic E-state index is 11.5. The number of aromatic amines is 1. The van der Waals surface area contributed by atoms with Gasteiger partial charge in [-0.2, -0.15) is 5.10 Å². The summed E-state index contributed by atoms with van der Waals surface area (Å²) in [6.07, 6.45) is 4.31. The van der Waals surface area contributed by atoms with E-state index in [1.165, 1.54) is 11.3 Å². The van der Waals surface area contributed by atoms with E-state index in [-0.39, 0.29) is 5.91 Å². The van der Waals surface area contributed by atoms with Gasteiger partial charge in [-0.3, -0.25) is 9.89 Å². The van der Waals surface area contributed by atoms with Gasteiger partial charge in [-0.25, -0.2) is 4.98 Å². The summed E-state index contributed by atoms with van der Waals surface area (Å²) in [5.41, 5.74) is 1.84. The van der Waals surface area contributed by atoms with E-state index in [1.807, 2.05) is 0 Å². The lowest BCUT2D eigenvalue weighted by molar-refractivity contribution is 0.0950. The van der Waals surface area contributed by atoms with Crippen LogP contribution in [0.3, 0.4) is 0 Å². The van der Waals surface area contributed by atoms with Crippen molar-refractivity contribution in [2.24, 2.45) is 0 Å². The molecule has 2 aromatic rings. The van der Waals surface area contributed by atoms with E-state index in [4.69, 9.17) is 0 Å². The summed E-state index contributed by atoms with van der Waals surface area (Å²) in [7, 11) is 0. The van der Waals surface area contributed by atoms with E-state index in [2.05, 4.69) is 20.5 Å². The Balaban J connectivity index is 2.09. The second kappa shape index (κ2) is 3.16. The fraction of sp³-hybridized carbons (Fsp3) is 0.222. The first-order valence-electron chi connectivity index (χ1n) is 4.61. The van der Waals surface area contributed by atoms with Gasteiger partial charge in [0.05, 0.1) is 11.9 Å². The number of hydrogen-bond acceptors (Lipinski definition) is 4. The van der Waals surface area contributed by atoms with Crippen LogP contribution in [-0.2, 0) is 6.42 Å². The van der Waals surface area contributed by atoms with Crippen LogP contribution in [0.1, 0.15) is 15.4 Å². The van der Waals surface area contributed by atoms with Gasteiger partial charge in [-0.1, -0.05) is 0 Å². The molecule has 0 saturated carbocycles. The number of nitrogens with zero attached hydrogens (tertiary/aromatic N) is 2. The number of hydrogen-bond donors (Lipinski definition) is 2.